The van der Waals surface area contributed by atoms with Crippen molar-refractivity contribution in [3.63, 3.8) is 0 Å². The lowest BCUT2D eigenvalue weighted by Crippen LogP contribution is -2.02. The summed E-state index contributed by atoms with van der Waals surface area (Å²) in [6.45, 7) is 2.14. The van der Waals surface area contributed by atoms with Crippen LogP contribution in [-0.2, 0) is 7.05 Å². The van der Waals surface area contributed by atoms with E-state index in [4.69, 9.17) is 0 Å². The average Bonchev–Trinajstić information content (AvgIpc) is 3.26. The van der Waals surface area contributed by atoms with Crippen LogP contribution in [0.3, 0.4) is 0 Å². The van der Waals surface area contributed by atoms with Crippen LogP contribution < -0.4 is 0 Å². The monoisotopic (exact) mass is 350 g/mol. The minimum Gasteiger partial charge on any atom is -0.361 e. The quantitative estimate of drug-likeness (QED) is 0.403. The highest BCUT2D eigenvalue weighted by molar-refractivity contribution is 5.89. The number of aromatic amines is 1. The van der Waals surface area contributed by atoms with Gasteiger partial charge in [-0.1, -0.05) is 66.2 Å². The topological polar surface area (TPSA) is 20.7 Å². The van der Waals surface area contributed by atoms with Gasteiger partial charge in [0.1, 0.15) is 0 Å². The molecule has 27 heavy (non-hydrogen) atoms. The number of hydrogen-bond donors (Lipinski definition) is 1. The highest BCUT2D eigenvalue weighted by Gasteiger charge is 2.23. The third-order valence-electron chi connectivity index (χ3n) is 5.58. The first-order valence-corrected chi connectivity index (χ1v) is 9.39. The Labute approximate surface area is 159 Å². The molecule has 2 heterocycles. The van der Waals surface area contributed by atoms with Gasteiger partial charge in [-0.15, -0.1) is 0 Å². The molecular formula is C25H22N2. The van der Waals surface area contributed by atoms with Crippen molar-refractivity contribution >= 4 is 21.8 Å². The Morgan fingerprint density at radius 1 is 0.778 bits per heavy atom. The third-order valence-corrected chi connectivity index (χ3v) is 5.58. The molecule has 2 heteroatoms. The number of para-hydroxylation sites is 2. The Hall–Kier alpha value is -3.26. The molecule has 0 fully saturated rings. The lowest BCUT2D eigenvalue weighted by Gasteiger charge is -2.17. The van der Waals surface area contributed by atoms with E-state index in [1.807, 2.05) is 0 Å². The highest BCUT2D eigenvalue weighted by Crippen LogP contribution is 2.39. The maximum absolute atomic E-state index is 3.47. The van der Waals surface area contributed by atoms with Crippen molar-refractivity contribution in [1.29, 1.82) is 0 Å². The molecule has 0 saturated heterocycles. The smallest absolute Gasteiger partial charge is 0.0480 e. The third kappa shape index (κ3) is 2.57. The van der Waals surface area contributed by atoms with E-state index in [1.54, 1.807) is 0 Å². The molecule has 0 aliphatic heterocycles. The fraction of sp³-hybridized carbons (Fsp3) is 0.120. The molecule has 5 aromatic rings. The Balaban J connectivity index is 1.82. The number of fused-ring (bicyclic) bond motifs is 2. The molecule has 1 atom stereocenters. The molecule has 3 aromatic carbocycles. The van der Waals surface area contributed by atoms with Crippen molar-refractivity contribution in [2.75, 3.05) is 0 Å². The van der Waals surface area contributed by atoms with Gasteiger partial charge >= 0.3 is 0 Å². The summed E-state index contributed by atoms with van der Waals surface area (Å²) in [7, 11) is 2.13. The maximum atomic E-state index is 3.47. The van der Waals surface area contributed by atoms with E-state index in [0.29, 0.717) is 0 Å². The molecule has 2 aromatic heterocycles. The Morgan fingerprint density at radius 2 is 1.48 bits per heavy atom. The van der Waals surface area contributed by atoms with Gasteiger partial charge in [-0.05, 0) is 35.7 Å². The standard InChI is InChI=1S/C25H22N2/c1-17-11-13-18(14-12-17)25(21-15-26-23-9-5-3-7-19(21)23)22-16-27(2)24-10-6-4-8-20(22)24/h3-16,25-26H,1-2H3. The van der Waals surface area contributed by atoms with Crippen LogP contribution in [0.25, 0.3) is 21.8 Å². The van der Waals surface area contributed by atoms with Gasteiger partial charge in [-0.25, -0.2) is 0 Å². The molecule has 0 amide bonds. The SMILES string of the molecule is Cc1ccc(C(c2c[nH]c3ccccc23)c2cn(C)c3ccccc23)cc1. The Kier molecular flexibility index (Phi) is 3.64. The van der Waals surface area contributed by atoms with Crippen molar-refractivity contribution < 1.29 is 0 Å². The van der Waals surface area contributed by atoms with E-state index >= 15 is 0 Å². The zero-order valence-electron chi connectivity index (χ0n) is 15.6. The molecule has 2 nitrogen and oxygen atoms in total. The normalized spacial score (nSPS) is 12.7. The van der Waals surface area contributed by atoms with E-state index < -0.39 is 0 Å². The van der Waals surface area contributed by atoms with Crippen molar-refractivity contribution in [3.05, 3.63) is 107 Å². The van der Waals surface area contributed by atoms with Gasteiger partial charge in [-0.2, -0.15) is 0 Å². The molecule has 1 N–H and O–H groups in total. The predicted octanol–water partition coefficient (Wildman–Crippen LogP) is 6.15. The van der Waals surface area contributed by atoms with Gasteiger partial charge in [0.25, 0.3) is 0 Å². The van der Waals surface area contributed by atoms with E-state index in [1.165, 1.54) is 44.1 Å². The van der Waals surface area contributed by atoms with Crippen LogP contribution in [0.1, 0.15) is 28.2 Å². The fourth-order valence-electron chi connectivity index (χ4n) is 4.22. The molecular weight excluding hydrogens is 328 g/mol. The van der Waals surface area contributed by atoms with Crippen LogP contribution in [0.5, 0.6) is 0 Å². The lowest BCUT2D eigenvalue weighted by molar-refractivity contribution is 0.930. The van der Waals surface area contributed by atoms with Gasteiger partial charge in [0.05, 0.1) is 0 Å². The second kappa shape index (κ2) is 6.17. The molecule has 132 valence electrons. The summed E-state index contributed by atoms with van der Waals surface area (Å²) in [5, 5.41) is 2.60. The maximum Gasteiger partial charge on any atom is 0.0480 e. The van der Waals surface area contributed by atoms with Gasteiger partial charge in [0.15, 0.2) is 0 Å². The molecule has 0 aliphatic carbocycles. The number of nitrogens with zero attached hydrogens (tertiary/aromatic N) is 1. The van der Waals surface area contributed by atoms with Crippen LogP contribution in [0.4, 0.5) is 0 Å². The summed E-state index contributed by atoms with van der Waals surface area (Å²) in [5.74, 6) is 0.188. The predicted molar refractivity (Wildman–Crippen MR) is 113 cm³/mol. The number of hydrogen-bond acceptors (Lipinski definition) is 0. The fourth-order valence-corrected chi connectivity index (χ4v) is 4.22. The number of aryl methyl sites for hydroxylation is 2. The Bertz CT molecular complexity index is 1240. The van der Waals surface area contributed by atoms with Crippen molar-refractivity contribution in [2.24, 2.45) is 7.05 Å². The molecule has 0 aliphatic rings. The largest absolute Gasteiger partial charge is 0.361 e. The molecule has 0 radical (unpaired) electrons. The molecule has 1 unspecified atom stereocenters. The van der Waals surface area contributed by atoms with Crippen LogP contribution >= 0.6 is 0 Å². The lowest BCUT2D eigenvalue weighted by atomic mass is 9.84. The first-order chi connectivity index (χ1) is 13.2. The Morgan fingerprint density at radius 3 is 2.30 bits per heavy atom. The molecule has 0 spiro atoms. The molecule has 0 saturated carbocycles. The molecule has 0 bridgehead atoms. The van der Waals surface area contributed by atoms with E-state index in [0.717, 1.165) is 0 Å². The van der Waals surface area contributed by atoms with Gasteiger partial charge < -0.3 is 9.55 Å². The van der Waals surface area contributed by atoms with Gasteiger partial charge in [0.2, 0.25) is 0 Å². The van der Waals surface area contributed by atoms with Crippen LogP contribution in [0, 0.1) is 6.92 Å². The number of aromatic nitrogens is 2. The first kappa shape index (κ1) is 16.0. The second-order valence-electron chi connectivity index (χ2n) is 7.35. The number of nitrogens with one attached hydrogen (secondary N) is 1. The first-order valence-electron chi connectivity index (χ1n) is 9.39. The van der Waals surface area contributed by atoms with Crippen LogP contribution in [0.2, 0.25) is 0 Å². The van der Waals surface area contributed by atoms with Crippen molar-refractivity contribution in [2.45, 2.75) is 12.8 Å². The van der Waals surface area contributed by atoms with Crippen molar-refractivity contribution in [3.8, 4) is 0 Å². The summed E-state index contributed by atoms with van der Waals surface area (Å²) >= 11 is 0. The summed E-state index contributed by atoms with van der Waals surface area (Å²) in [4.78, 5) is 3.47. The highest BCUT2D eigenvalue weighted by atomic mass is 14.9. The summed E-state index contributed by atoms with van der Waals surface area (Å²) in [5.41, 5.74) is 7.73. The zero-order valence-corrected chi connectivity index (χ0v) is 15.6. The number of rotatable bonds is 3. The van der Waals surface area contributed by atoms with E-state index in [-0.39, 0.29) is 5.92 Å². The molecule has 5 rings (SSSR count). The van der Waals surface area contributed by atoms with Crippen LogP contribution in [-0.4, -0.2) is 9.55 Å². The minimum atomic E-state index is 0.188. The van der Waals surface area contributed by atoms with Crippen LogP contribution in [0.15, 0.2) is 85.2 Å². The second-order valence-corrected chi connectivity index (χ2v) is 7.35. The average molecular weight is 350 g/mol. The van der Waals surface area contributed by atoms with Crippen molar-refractivity contribution in [1.82, 2.24) is 9.55 Å². The van der Waals surface area contributed by atoms with E-state index in [9.17, 15) is 0 Å². The summed E-state index contributed by atoms with van der Waals surface area (Å²) in [6.07, 6.45) is 4.47. The van der Waals surface area contributed by atoms with Gasteiger partial charge in [-0.3, -0.25) is 0 Å². The van der Waals surface area contributed by atoms with E-state index in [2.05, 4.69) is 109 Å². The summed E-state index contributed by atoms with van der Waals surface area (Å²) in [6, 6.07) is 26.2. The van der Waals surface area contributed by atoms with Gasteiger partial charge in [0, 0.05) is 47.2 Å². The minimum absolute atomic E-state index is 0.188. The zero-order chi connectivity index (χ0) is 18.4. The number of H-pyrrole nitrogens is 1. The number of benzene rings is 3. The summed E-state index contributed by atoms with van der Waals surface area (Å²) < 4.78 is 2.24.